The second-order valence-electron chi connectivity index (χ2n) is 5.55. The van der Waals surface area contributed by atoms with E-state index in [1.165, 1.54) is 35.4 Å². The lowest BCUT2D eigenvalue weighted by Crippen LogP contribution is -2.16. The zero-order chi connectivity index (χ0) is 18.7. The van der Waals surface area contributed by atoms with Crippen molar-refractivity contribution in [2.24, 2.45) is 0 Å². The van der Waals surface area contributed by atoms with Crippen LogP contribution in [0.4, 0.5) is 0 Å². The van der Waals surface area contributed by atoms with Crippen molar-refractivity contribution in [2.45, 2.75) is 24.3 Å². The maximum atomic E-state index is 12.2. The molecule has 3 heterocycles. The monoisotopic (exact) mass is 372 g/mol. The SMILES string of the molecule is COC(=O)Cc1cc(=O)[nH]c(SCc2cc(=O)n3cccc(C)c3n2)n1. The molecule has 0 amide bonds. The number of ether oxygens (including phenoxy) is 1. The number of hydrogen-bond donors (Lipinski definition) is 1. The molecular weight excluding hydrogens is 356 g/mol. The zero-order valence-corrected chi connectivity index (χ0v) is 15.0. The number of fused-ring (bicyclic) bond motifs is 1. The number of carbonyl (C=O) groups excluding carboxylic acids is 1. The van der Waals surface area contributed by atoms with Gasteiger partial charge in [-0.15, -0.1) is 0 Å². The van der Waals surface area contributed by atoms with Gasteiger partial charge >= 0.3 is 5.97 Å². The van der Waals surface area contributed by atoms with Crippen molar-refractivity contribution in [3.8, 4) is 0 Å². The number of pyridine rings is 1. The Morgan fingerprint density at radius 2 is 2.08 bits per heavy atom. The third-order valence-corrected chi connectivity index (χ3v) is 4.53. The van der Waals surface area contributed by atoms with Crippen molar-refractivity contribution in [3.63, 3.8) is 0 Å². The molecule has 0 aliphatic rings. The fourth-order valence-corrected chi connectivity index (χ4v) is 3.17. The average molecular weight is 372 g/mol. The molecule has 0 fully saturated rings. The number of thioether (sulfide) groups is 1. The Morgan fingerprint density at radius 1 is 1.27 bits per heavy atom. The molecule has 0 atom stereocenters. The van der Waals surface area contributed by atoms with E-state index in [1.54, 1.807) is 12.3 Å². The van der Waals surface area contributed by atoms with E-state index in [9.17, 15) is 14.4 Å². The van der Waals surface area contributed by atoms with E-state index in [0.717, 1.165) is 5.56 Å². The maximum Gasteiger partial charge on any atom is 0.311 e. The quantitative estimate of drug-likeness (QED) is 0.406. The molecule has 9 heteroatoms. The Labute approximate surface area is 152 Å². The van der Waals surface area contributed by atoms with Crippen LogP contribution in [0.1, 0.15) is 17.0 Å². The molecule has 26 heavy (non-hydrogen) atoms. The van der Waals surface area contributed by atoms with Crippen LogP contribution in [0, 0.1) is 6.92 Å². The molecule has 8 nitrogen and oxygen atoms in total. The minimum absolute atomic E-state index is 0.0806. The van der Waals surface area contributed by atoms with Crippen LogP contribution in [0.2, 0.25) is 0 Å². The largest absolute Gasteiger partial charge is 0.469 e. The maximum absolute atomic E-state index is 12.2. The second-order valence-corrected chi connectivity index (χ2v) is 6.52. The summed E-state index contributed by atoms with van der Waals surface area (Å²) in [7, 11) is 1.27. The fourth-order valence-electron chi connectivity index (χ4n) is 2.39. The molecule has 3 aromatic heterocycles. The number of nitrogens with zero attached hydrogens (tertiary/aromatic N) is 3. The summed E-state index contributed by atoms with van der Waals surface area (Å²) in [5, 5.41) is 0.350. The van der Waals surface area contributed by atoms with Gasteiger partial charge in [0.15, 0.2) is 5.16 Å². The highest BCUT2D eigenvalue weighted by molar-refractivity contribution is 7.98. The summed E-state index contributed by atoms with van der Waals surface area (Å²) in [6, 6.07) is 6.39. The number of H-pyrrole nitrogens is 1. The van der Waals surface area contributed by atoms with Crippen LogP contribution in [0.25, 0.3) is 5.65 Å². The Morgan fingerprint density at radius 3 is 2.85 bits per heavy atom. The first-order valence-electron chi connectivity index (χ1n) is 7.74. The minimum Gasteiger partial charge on any atom is -0.469 e. The number of methoxy groups -OCH3 is 1. The highest BCUT2D eigenvalue weighted by Crippen LogP contribution is 2.17. The molecule has 0 unspecified atom stereocenters. The molecule has 0 aliphatic carbocycles. The lowest BCUT2D eigenvalue weighted by Gasteiger charge is -2.06. The average Bonchev–Trinajstić information content (AvgIpc) is 2.60. The van der Waals surface area contributed by atoms with Crippen molar-refractivity contribution >= 4 is 23.4 Å². The summed E-state index contributed by atoms with van der Waals surface area (Å²) in [5.41, 5.74) is 1.86. The molecule has 0 aliphatic heterocycles. The van der Waals surface area contributed by atoms with E-state index < -0.39 is 5.97 Å². The smallest absolute Gasteiger partial charge is 0.311 e. The van der Waals surface area contributed by atoms with Gasteiger partial charge in [-0.25, -0.2) is 9.97 Å². The third-order valence-electron chi connectivity index (χ3n) is 3.62. The van der Waals surface area contributed by atoms with Crippen molar-refractivity contribution in [1.82, 2.24) is 19.4 Å². The number of carbonyl (C=O) groups is 1. The van der Waals surface area contributed by atoms with Gasteiger partial charge in [0.25, 0.3) is 11.1 Å². The van der Waals surface area contributed by atoms with Crippen LogP contribution in [0.5, 0.6) is 0 Å². The molecule has 0 bridgehead atoms. The number of hydrogen-bond acceptors (Lipinski definition) is 7. The Bertz CT molecular complexity index is 1090. The van der Waals surface area contributed by atoms with Crippen LogP contribution < -0.4 is 11.1 Å². The van der Waals surface area contributed by atoms with Crippen molar-refractivity contribution < 1.29 is 9.53 Å². The Balaban J connectivity index is 1.84. The standard InChI is InChI=1S/C17H16N4O4S/c1-10-4-3-5-21-14(23)7-12(18-16(10)21)9-26-17-19-11(6-13(22)20-17)8-15(24)25-2/h3-7H,8-9H2,1-2H3,(H,19,20,22). The summed E-state index contributed by atoms with van der Waals surface area (Å²) in [4.78, 5) is 46.6. The normalized spacial score (nSPS) is 10.8. The van der Waals surface area contributed by atoms with Gasteiger partial charge in [0, 0.05) is 24.1 Å². The predicted octanol–water partition coefficient (Wildman–Crippen LogP) is 1.09. The van der Waals surface area contributed by atoms with Crippen molar-refractivity contribution in [3.05, 3.63) is 68.1 Å². The molecule has 0 saturated heterocycles. The van der Waals surface area contributed by atoms with Crippen LogP contribution in [0.15, 0.2) is 45.2 Å². The lowest BCUT2D eigenvalue weighted by molar-refractivity contribution is -0.139. The topological polar surface area (TPSA) is 106 Å². The fraction of sp³-hybridized carbons (Fsp3) is 0.235. The minimum atomic E-state index is -0.473. The summed E-state index contributed by atoms with van der Waals surface area (Å²) in [5.74, 6) is -0.122. The van der Waals surface area contributed by atoms with Crippen molar-refractivity contribution in [1.29, 1.82) is 0 Å². The van der Waals surface area contributed by atoms with Crippen LogP contribution in [-0.4, -0.2) is 32.4 Å². The van der Waals surface area contributed by atoms with Crippen molar-refractivity contribution in [2.75, 3.05) is 7.11 Å². The third kappa shape index (κ3) is 3.99. The summed E-state index contributed by atoms with van der Waals surface area (Å²) in [6.07, 6.45) is 1.59. The van der Waals surface area contributed by atoms with E-state index in [0.29, 0.717) is 27.9 Å². The van der Waals surface area contributed by atoms with Gasteiger partial charge in [0.05, 0.1) is 24.9 Å². The second kappa shape index (κ2) is 7.52. The summed E-state index contributed by atoms with van der Waals surface area (Å²) < 4.78 is 6.07. The molecule has 0 radical (unpaired) electrons. The van der Waals surface area contributed by atoms with E-state index >= 15 is 0 Å². The van der Waals surface area contributed by atoms with Crippen LogP contribution in [-0.2, 0) is 21.7 Å². The molecule has 3 aromatic rings. The van der Waals surface area contributed by atoms with E-state index in [-0.39, 0.29) is 17.5 Å². The molecule has 1 N–H and O–H groups in total. The Kier molecular flexibility index (Phi) is 5.17. The van der Waals surface area contributed by atoms with Gasteiger partial charge in [0.2, 0.25) is 0 Å². The van der Waals surface area contributed by atoms with Crippen LogP contribution in [0.3, 0.4) is 0 Å². The van der Waals surface area contributed by atoms with Gasteiger partial charge < -0.3 is 9.72 Å². The number of aromatic amines is 1. The van der Waals surface area contributed by atoms with Gasteiger partial charge in [-0.05, 0) is 18.6 Å². The first kappa shape index (κ1) is 17.9. The lowest BCUT2D eigenvalue weighted by atomic mass is 10.3. The van der Waals surface area contributed by atoms with Gasteiger partial charge in [-0.2, -0.15) is 0 Å². The summed E-state index contributed by atoms with van der Waals surface area (Å²) >= 11 is 1.23. The van der Waals surface area contributed by atoms with Gasteiger partial charge in [-0.3, -0.25) is 18.8 Å². The number of aryl methyl sites for hydroxylation is 1. The summed E-state index contributed by atoms with van der Waals surface area (Å²) in [6.45, 7) is 1.88. The zero-order valence-electron chi connectivity index (χ0n) is 14.2. The molecular formula is C17H16N4O4S. The first-order valence-corrected chi connectivity index (χ1v) is 8.72. The molecule has 0 aromatic carbocycles. The number of esters is 1. The molecule has 0 saturated carbocycles. The van der Waals surface area contributed by atoms with E-state index in [2.05, 4.69) is 19.7 Å². The van der Waals surface area contributed by atoms with Gasteiger partial charge in [-0.1, -0.05) is 17.8 Å². The van der Waals surface area contributed by atoms with E-state index in [4.69, 9.17) is 0 Å². The van der Waals surface area contributed by atoms with Gasteiger partial charge in [0.1, 0.15) is 5.65 Å². The number of aromatic nitrogens is 4. The van der Waals surface area contributed by atoms with Crippen LogP contribution >= 0.6 is 11.8 Å². The predicted molar refractivity (Wildman–Crippen MR) is 96.3 cm³/mol. The van der Waals surface area contributed by atoms with E-state index in [1.807, 2.05) is 13.0 Å². The Hall–Kier alpha value is -2.94. The highest BCUT2D eigenvalue weighted by atomic mass is 32.2. The molecule has 0 spiro atoms. The highest BCUT2D eigenvalue weighted by Gasteiger charge is 2.09. The first-order chi connectivity index (χ1) is 12.5. The number of nitrogens with one attached hydrogen (secondary N) is 1. The molecule has 134 valence electrons. The number of rotatable bonds is 5. The molecule has 3 rings (SSSR count).